The first-order chi connectivity index (χ1) is 13.7. The Labute approximate surface area is 164 Å². The molecule has 0 spiro atoms. The number of aliphatic hydroxyl groups is 1. The maximum Gasteiger partial charge on any atom is 0.146 e. The lowest BCUT2D eigenvalue weighted by Crippen LogP contribution is -2.43. The zero-order valence-electron chi connectivity index (χ0n) is 15.5. The highest BCUT2D eigenvalue weighted by molar-refractivity contribution is 5.82. The molecular formula is C24H21N3O. The van der Waals surface area contributed by atoms with Gasteiger partial charge in [0.2, 0.25) is 0 Å². The van der Waals surface area contributed by atoms with Crippen LogP contribution < -0.4 is 5.73 Å². The van der Waals surface area contributed by atoms with Crippen molar-refractivity contribution in [2.75, 3.05) is 0 Å². The molecule has 4 aromatic rings. The van der Waals surface area contributed by atoms with Gasteiger partial charge in [-0.1, -0.05) is 54.6 Å². The van der Waals surface area contributed by atoms with Crippen molar-refractivity contribution in [2.45, 2.75) is 31.4 Å². The average molecular weight is 367 g/mol. The Morgan fingerprint density at radius 2 is 1.79 bits per heavy atom. The fraction of sp³-hybridized carbons (Fsp3) is 0.208. The van der Waals surface area contributed by atoms with Crippen LogP contribution >= 0.6 is 0 Å². The molecule has 2 heterocycles. The highest BCUT2D eigenvalue weighted by atomic mass is 16.3. The number of benzene rings is 2. The van der Waals surface area contributed by atoms with E-state index in [1.807, 2.05) is 28.7 Å². The van der Waals surface area contributed by atoms with Crippen molar-refractivity contribution in [2.24, 2.45) is 5.73 Å². The third kappa shape index (κ3) is 2.68. The fourth-order valence-corrected chi connectivity index (χ4v) is 3.92. The standard InChI is InChI=1S/C24H21N3O/c25-24(12-4-13-24)20-9-7-18(8-10-20)22-23(19-5-2-1-3-6-19)27-14-11-17(16-28)15-21(27)26-22/h1-3,5-10,15,28H,4,12-13,16,25H2. The number of imidazole rings is 1. The van der Waals surface area contributed by atoms with Crippen LogP contribution in [0.25, 0.3) is 28.2 Å². The molecule has 0 atom stereocenters. The Morgan fingerprint density at radius 1 is 1.04 bits per heavy atom. The van der Waals surface area contributed by atoms with Gasteiger partial charge in [-0.15, -0.1) is 0 Å². The summed E-state index contributed by atoms with van der Waals surface area (Å²) < 4.78 is 1.91. The lowest BCUT2D eigenvalue weighted by Gasteiger charge is -2.38. The van der Waals surface area contributed by atoms with Gasteiger partial charge in [0.15, 0.2) is 0 Å². The number of aliphatic hydroxyl groups excluding tert-OH is 1. The Balaban J connectivity index is 1.67. The van der Waals surface area contributed by atoms with Crippen molar-refractivity contribution in [3.63, 3.8) is 0 Å². The quantitative estimate of drug-likeness (QED) is 0.571. The number of aromatic nitrogens is 2. The molecule has 0 bridgehead atoms. The number of hydrogen-bond donors (Lipinski definition) is 2. The third-order valence-corrected chi connectivity index (χ3v) is 5.73. The van der Waals surface area contributed by atoms with E-state index in [1.54, 1.807) is 0 Å². The minimum Gasteiger partial charge on any atom is -0.391 e. The van der Waals surface area contributed by atoms with Crippen LogP contribution in [-0.2, 0) is 12.1 Å². The molecule has 0 radical (unpaired) electrons. The molecule has 1 aliphatic rings. The molecule has 3 N–H and O–H groups in total. The van der Waals surface area contributed by atoms with Gasteiger partial charge in [-0.05, 0) is 37.0 Å². The highest BCUT2D eigenvalue weighted by Gasteiger charge is 2.34. The van der Waals surface area contributed by atoms with Crippen LogP contribution in [0.1, 0.15) is 30.4 Å². The number of fused-ring (bicyclic) bond motifs is 1. The lowest BCUT2D eigenvalue weighted by molar-refractivity contribution is 0.253. The van der Waals surface area contributed by atoms with Gasteiger partial charge >= 0.3 is 0 Å². The summed E-state index contributed by atoms with van der Waals surface area (Å²) in [4.78, 5) is 4.86. The van der Waals surface area contributed by atoms with Crippen LogP contribution in [0.3, 0.4) is 0 Å². The number of rotatable bonds is 4. The summed E-state index contributed by atoms with van der Waals surface area (Å²) in [6, 6.07) is 23.5. The van der Waals surface area contributed by atoms with E-state index in [0.717, 1.165) is 41.0 Å². The van der Waals surface area contributed by atoms with Crippen LogP contribution in [0.15, 0.2) is 60.7 Å². The highest BCUT2D eigenvalue weighted by Crippen LogP contribution is 2.40. The van der Waals surface area contributed by atoms with E-state index < -0.39 is 0 Å². The molecule has 2 aromatic carbocycles. The van der Waals surface area contributed by atoms with Crippen molar-refractivity contribution in [1.82, 2.24) is 9.38 Å². The minimum absolute atomic E-state index is 0.0802. The summed E-state index contributed by atoms with van der Waals surface area (Å²) in [5.74, 6) is 0. The fourth-order valence-electron chi connectivity index (χ4n) is 3.92. The second kappa shape index (κ2) is 6.49. The zero-order chi connectivity index (χ0) is 19.1. The first kappa shape index (κ1) is 17.0. The average Bonchev–Trinajstić information content (AvgIpc) is 3.11. The van der Waals surface area contributed by atoms with Gasteiger partial charge < -0.3 is 10.8 Å². The lowest BCUT2D eigenvalue weighted by atomic mass is 9.72. The molecule has 5 rings (SSSR count). The van der Waals surface area contributed by atoms with Crippen LogP contribution in [0, 0.1) is 12.3 Å². The predicted molar refractivity (Wildman–Crippen MR) is 109 cm³/mol. The molecule has 0 unspecified atom stereocenters. The monoisotopic (exact) mass is 367 g/mol. The smallest absolute Gasteiger partial charge is 0.146 e. The van der Waals surface area contributed by atoms with E-state index in [1.165, 1.54) is 12.0 Å². The van der Waals surface area contributed by atoms with E-state index in [2.05, 4.69) is 48.7 Å². The molecule has 28 heavy (non-hydrogen) atoms. The molecule has 4 heteroatoms. The predicted octanol–water partition coefficient (Wildman–Crippen LogP) is 4.10. The Kier molecular flexibility index (Phi) is 3.94. The largest absolute Gasteiger partial charge is 0.391 e. The van der Waals surface area contributed by atoms with Crippen LogP contribution in [0.5, 0.6) is 0 Å². The SMILES string of the molecule is NC1(c2ccc(-c3nc4cc(CO)c#cn4c3-c3ccccc3)cc2)CCC1. The van der Waals surface area contributed by atoms with Crippen molar-refractivity contribution in [3.8, 4) is 22.5 Å². The first-order valence-corrected chi connectivity index (χ1v) is 9.59. The molecule has 0 aliphatic heterocycles. The van der Waals surface area contributed by atoms with Crippen LogP contribution in [-0.4, -0.2) is 14.5 Å². The second-order valence-corrected chi connectivity index (χ2v) is 7.52. The molecule has 0 amide bonds. The molecule has 2 aromatic heterocycles. The Morgan fingerprint density at radius 3 is 2.43 bits per heavy atom. The summed E-state index contributed by atoms with van der Waals surface area (Å²) >= 11 is 0. The van der Waals surface area contributed by atoms with Gasteiger partial charge in [-0.2, -0.15) is 0 Å². The van der Waals surface area contributed by atoms with E-state index in [0.29, 0.717) is 5.56 Å². The number of nitrogens with two attached hydrogens (primary N) is 1. The van der Waals surface area contributed by atoms with Crippen LogP contribution in [0.2, 0.25) is 0 Å². The van der Waals surface area contributed by atoms with Crippen molar-refractivity contribution in [1.29, 1.82) is 0 Å². The van der Waals surface area contributed by atoms with Gasteiger partial charge in [-0.25, -0.2) is 9.38 Å². The number of nitrogens with zero attached hydrogens (tertiary/aromatic N) is 2. The minimum atomic E-state index is -0.168. The molecule has 4 nitrogen and oxygen atoms in total. The third-order valence-electron chi connectivity index (χ3n) is 5.73. The summed E-state index contributed by atoms with van der Waals surface area (Å²) in [6.07, 6.45) is 6.42. The maximum atomic E-state index is 9.44. The molecular weight excluding hydrogens is 346 g/mol. The Hall–Kier alpha value is -3.13. The molecule has 1 saturated carbocycles. The maximum absolute atomic E-state index is 9.44. The summed E-state index contributed by atoms with van der Waals surface area (Å²) in [5.41, 5.74) is 12.9. The Bertz CT molecular complexity index is 1130. The van der Waals surface area contributed by atoms with Crippen molar-refractivity contribution >= 4 is 5.65 Å². The van der Waals surface area contributed by atoms with E-state index in [4.69, 9.17) is 10.7 Å². The van der Waals surface area contributed by atoms with Gasteiger partial charge in [0.05, 0.1) is 18.0 Å². The summed E-state index contributed by atoms with van der Waals surface area (Å²) in [6.45, 7) is -0.0802. The molecule has 138 valence electrons. The topological polar surface area (TPSA) is 63.5 Å². The summed E-state index contributed by atoms with van der Waals surface area (Å²) in [5, 5.41) is 9.44. The zero-order valence-corrected chi connectivity index (χ0v) is 15.5. The van der Waals surface area contributed by atoms with Crippen LogP contribution in [0.4, 0.5) is 0 Å². The first-order valence-electron chi connectivity index (χ1n) is 9.59. The summed E-state index contributed by atoms with van der Waals surface area (Å²) in [7, 11) is 0. The molecule has 1 aliphatic carbocycles. The number of hydrogen-bond acceptors (Lipinski definition) is 3. The van der Waals surface area contributed by atoms with Gasteiger partial charge in [0.1, 0.15) is 5.65 Å². The van der Waals surface area contributed by atoms with Gasteiger partial charge in [-0.3, -0.25) is 0 Å². The van der Waals surface area contributed by atoms with Gasteiger partial charge in [0.25, 0.3) is 0 Å². The second-order valence-electron chi connectivity index (χ2n) is 7.52. The van der Waals surface area contributed by atoms with Crippen molar-refractivity contribution in [3.05, 3.63) is 84.1 Å². The van der Waals surface area contributed by atoms with E-state index in [-0.39, 0.29) is 12.1 Å². The van der Waals surface area contributed by atoms with E-state index in [9.17, 15) is 5.11 Å². The van der Waals surface area contributed by atoms with Crippen molar-refractivity contribution < 1.29 is 5.11 Å². The molecule has 0 saturated heterocycles. The van der Waals surface area contributed by atoms with Gasteiger partial charge in [0, 0.05) is 28.4 Å². The van der Waals surface area contributed by atoms with E-state index >= 15 is 0 Å². The molecule has 1 fully saturated rings. The normalized spacial score (nSPS) is 15.2.